The Labute approximate surface area is 195 Å². The van der Waals surface area contributed by atoms with E-state index in [1.807, 2.05) is 30.3 Å². The number of phenols is 1. The number of carbonyl (C=O) groups is 1. The summed E-state index contributed by atoms with van der Waals surface area (Å²) in [6, 6.07) is 16.4. The first-order valence-corrected chi connectivity index (χ1v) is 11.6. The first-order chi connectivity index (χ1) is 15.8. The van der Waals surface area contributed by atoms with Gasteiger partial charge in [-0.3, -0.25) is 4.79 Å². The van der Waals surface area contributed by atoms with Crippen LogP contribution in [0.3, 0.4) is 0 Å². The average Bonchev–Trinajstić information content (AvgIpc) is 2.77. The first-order valence-electron chi connectivity index (χ1n) is 10.6. The van der Waals surface area contributed by atoms with E-state index in [9.17, 15) is 14.7 Å². The van der Waals surface area contributed by atoms with Gasteiger partial charge in [0.15, 0.2) is 5.16 Å². The molecule has 2 heterocycles. The molecule has 33 heavy (non-hydrogen) atoms. The summed E-state index contributed by atoms with van der Waals surface area (Å²) >= 11 is 1.42. The van der Waals surface area contributed by atoms with Crippen molar-refractivity contribution in [1.29, 1.82) is 0 Å². The number of nitrogens with zero attached hydrogens (tertiary/aromatic N) is 1. The van der Waals surface area contributed by atoms with Crippen molar-refractivity contribution in [2.24, 2.45) is 0 Å². The van der Waals surface area contributed by atoms with Crippen molar-refractivity contribution in [3.63, 3.8) is 0 Å². The van der Waals surface area contributed by atoms with E-state index >= 15 is 0 Å². The molecule has 0 saturated heterocycles. The second-order valence-corrected chi connectivity index (χ2v) is 9.02. The molecule has 1 aromatic heterocycles. The molecule has 170 valence electrons. The second kappa shape index (κ2) is 9.54. The molecule has 1 aliphatic rings. The maximum Gasteiger partial charge on any atom is 0.337 e. The number of aromatic nitrogens is 2. The van der Waals surface area contributed by atoms with Gasteiger partial charge in [0.1, 0.15) is 11.6 Å². The van der Waals surface area contributed by atoms with Crippen molar-refractivity contribution in [1.82, 2.24) is 9.97 Å². The number of hydrogen-bond acceptors (Lipinski definition) is 7. The monoisotopic (exact) mass is 463 g/mol. The van der Waals surface area contributed by atoms with E-state index in [1.54, 1.807) is 45.0 Å². The van der Waals surface area contributed by atoms with Crippen LogP contribution in [0.2, 0.25) is 0 Å². The number of allylic oxidation sites excluding steroid dienone is 1. The molecule has 3 N–H and O–H groups in total. The standard InChI is InChI=1S/C25H25N3O4S/c1-14(2)32-24(31)19-15(3)26-22-21(20(19)17-10-7-11-18(29)12-17)23(30)28-25(27-22)33-13-16-8-5-4-6-9-16/h4-12,14,20,29H,13H2,1-3H3,(H2,26,27,28,30). The SMILES string of the molecule is CC1=C(C(=O)OC(C)C)C(c2cccc(O)c2)c2c(nc(SCc3ccccc3)[nH]c2=O)N1. The van der Waals surface area contributed by atoms with Crippen LogP contribution < -0.4 is 10.9 Å². The van der Waals surface area contributed by atoms with Gasteiger partial charge < -0.3 is 20.1 Å². The predicted molar refractivity (Wildman–Crippen MR) is 128 cm³/mol. The number of anilines is 1. The van der Waals surface area contributed by atoms with Crippen molar-refractivity contribution < 1.29 is 14.6 Å². The minimum atomic E-state index is -0.732. The Kier molecular flexibility index (Phi) is 6.55. The zero-order valence-corrected chi connectivity index (χ0v) is 19.4. The maximum atomic E-state index is 13.3. The number of fused-ring (bicyclic) bond motifs is 1. The summed E-state index contributed by atoms with van der Waals surface area (Å²) in [5.74, 6) is -0.165. The number of ether oxygens (including phenoxy) is 1. The van der Waals surface area contributed by atoms with Gasteiger partial charge in [0.25, 0.3) is 5.56 Å². The highest BCUT2D eigenvalue weighted by Gasteiger charge is 2.36. The van der Waals surface area contributed by atoms with Crippen LogP contribution in [0.5, 0.6) is 5.75 Å². The molecule has 1 atom stereocenters. The van der Waals surface area contributed by atoms with Crippen molar-refractivity contribution in [2.75, 3.05) is 5.32 Å². The third-order valence-electron chi connectivity index (χ3n) is 5.21. The van der Waals surface area contributed by atoms with Crippen LogP contribution in [-0.2, 0) is 15.3 Å². The van der Waals surface area contributed by atoms with Gasteiger partial charge in [0, 0.05) is 11.4 Å². The molecule has 0 saturated carbocycles. The van der Waals surface area contributed by atoms with Gasteiger partial charge in [0.05, 0.1) is 23.2 Å². The molecule has 0 radical (unpaired) electrons. The van der Waals surface area contributed by atoms with Gasteiger partial charge >= 0.3 is 5.97 Å². The summed E-state index contributed by atoms with van der Waals surface area (Å²) in [7, 11) is 0. The molecule has 8 heteroatoms. The Hall–Kier alpha value is -3.52. The third kappa shape index (κ3) is 4.96. The fraction of sp³-hybridized carbons (Fsp3) is 0.240. The van der Waals surface area contributed by atoms with Gasteiger partial charge in [0.2, 0.25) is 0 Å². The maximum absolute atomic E-state index is 13.3. The minimum absolute atomic E-state index is 0.0428. The highest BCUT2D eigenvalue weighted by atomic mass is 32.2. The number of nitrogens with one attached hydrogen (secondary N) is 2. The van der Waals surface area contributed by atoms with Gasteiger partial charge in [-0.05, 0) is 44.0 Å². The largest absolute Gasteiger partial charge is 0.508 e. The van der Waals surface area contributed by atoms with Gasteiger partial charge in [-0.2, -0.15) is 0 Å². The molecule has 4 rings (SSSR count). The summed E-state index contributed by atoms with van der Waals surface area (Å²) < 4.78 is 5.47. The van der Waals surface area contributed by atoms with Crippen LogP contribution in [0.4, 0.5) is 5.82 Å². The number of esters is 1. The number of aromatic amines is 1. The molecule has 1 unspecified atom stereocenters. The normalized spacial score (nSPS) is 15.2. The second-order valence-electron chi connectivity index (χ2n) is 8.05. The number of H-pyrrole nitrogens is 1. The number of carbonyl (C=O) groups excluding carboxylic acids is 1. The predicted octanol–water partition coefficient (Wildman–Crippen LogP) is 4.55. The van der Waals surface area contributed by atoms with E-state index in [2.05, 4.69) is 15.3 Å². The molecule has 3 aromatic rings. The van der Waals surface area contributed by atoms with Gasteiger partial charge in [-0.25, -0.2) is 9.78 Å². The quantitative estimate of drug-likeness (QED) is 0.280. The number of phenolic OH excluding ortho intramolecular Hbond substituents is 1. The van der Waals surface area contributed by atoms with Crippen molar-refractivity contribution >= 4 is 23.5 Å². The summed E-state index contributed by atoms with van der Waals surface area (Å²) in [4.78, 5) is 33.8. The lowest BCUT2D eigenvalue weighted by Gasteiger charge is -2.29. The number of benzene rings is 2. The topological polar surface area (TPSA) is 104 Å². The summed E-state index contributed by atoms with van der Waals surface area (Å²) in [5.41, 5.74) is 2.55. The van der Waals surface area contributed by atoms with Crippen molar-refractivity contribution in [2.45, 2.75) is 43.7 Å². The van der Waals surface area contributed by atoms with Gasteiger partial charge in [-0.15, -0.1) is 0 Å². The van der Waals surface area contributed by atoms with E-state index in [1.165, 1.54) is 11.8 Å². The molecule has 0 aliphatic carbocycles. The van der Waals surface area contributed by atoms with Crippen molar-refractivity contribution in [3.8, 4) is 5.75 Å². The Bertz CT molecular complexity index is 1270. The molecule has 1 aliphatic heterocycles. The van der Waals surface area contributed by atoms with E-state index in [0.29, 0.717) is 39.1 Å². The van der Waals surface area contributed by atoms with Gasteiger partial charge in [-0.1, -0.05) is 54.2 Å². The molecular formula is C25H25N3O4S. The molecule has 2 aromatic carbocycles. The van der Waals surface area contributed by atoms with E-state index in [0.717, 1.165) is 5.56 Å². The highest BCUT2D eigenvalue weighted by Crippen LogP contribution is 2.41. The van der Waals surface area contributed by atoms with Crippen LogP contribution in [0.25, 0.3) is 0 Å². The van der Waals surface area contributed by atoms with E-state index in [4.69, 9.17) is 4.74 Å². The molecular weight excluding hydrogens is 438 g/mol. The number of thioether (sulfide) groups is 1. The molecule has 0 bridgehead atoms. The number of rotatable bonds is 6. The molecule has 0 amide bonds. The zero-order valence-electron chi connectivity index (χ0n) is 18.6. The summed E-state index contributed by atoms with van der Waals surface area (Å²) in [5, 5.41) is 13.7. The molecule has 0 spiro atoms. The van der Waals surface area contributed by atoms with Crippen LogP contribution in [0.1, 0.15) is 43.4 Å². The Morgan fingerprint density at radius 2 is 1.94 bits per heavy atom. The zero-order chi connectivity index (χ0) is 23.5. The number of hydrogen-bond donors (Lipinski definition) is 3. The minimum Gasteiger partial charge on any atom is -0.508 e. The third-order valence-corrected chi connectivity index (χ3v) is 6.15. The van der Waals surface area contributed by atoms with Crippen LogP contribution in [0.15, 0.2) is 75.8 Å². The average molecular weight is 464 g/mol. The Morgan fingerprint density at radius 1 is 1.18 bits per heavy atom. The smallest absolute Gasteiger partial charge is 0.337 e. The molecule has 0 fully saturated rings. The van der Waals surface area contributed by atoms with Crippen LogP contribution in [0, 0.1) is 0 Å². The summed E-state index contributed by atoms with van der Waals surface area (Å²) in [6.07, 6.45) is -0.322. The molecule has 7 nitrogen and oxygen atoms in total. The van der Waals surface area contributed by atoms with Crippen LogP contribution >= 0.6 is 11.8 Å². The summed E-state index contributed by atoms with van der Waals surface area (Å²) in [6.45, 7) is 5.30. The van der Waals surface area contributed by atoms with Crippen molar-refractivity contribution in [3.05, 3.63) is 92.9 Å². The lowest BCUT2D eigenvalue weighted by molar-refractivity contribution is -0.143. The van der Waals surface area contributed by atoms with E-state index in [-0.39, 0.29) is 17.4 Å². The lowest BCUT2D eigenvalue weighted by Crippen LogP contribution is -2.31. The van der Waals surface area contributed by atoms with Crippen LogP contribution in [-0.4, -0.2) is 27.1 Å². The number of aromatic hydroxyl groups is 1. The van der Waals surface area contributed by atoms with E-state index < -0.39 is 11.9 Å². The lowest BCUT2D eigenvalue weighted by atomic mass is 9.82. The first kappa shape index (κ1) is 22.7. The Morgan fingerprint density at radius 3 is 2.64 bits per heavy atom. The fourth-order valence-electron chi connectivity index (χ4n) is 3.81. The highest BCUT2D eigenvalue weighted by molar-refractivity contribution is 7.98. The Balaban J connectivity index is 1.77. The fourth-order valence-corrected chi connectivity index (χ4v) is 4.63.